The minimum absolute atomic E-state index is 0.0286. The van der Waals surface area contributed by atoms with Crippen LogP contribution in [0.2, 0.25) is 0 Å². The second kappa shape index (κ2) is 8.50. The highest BCUT2D eigenvalue weighted by atomic mass is 16.5. The van der Waals surface area contributed by atoms with Gasteiger partial charge in [-0.25, -0.2) is 0 Å². The Bertz CT molecular complexity index is 760. The number of benzene rings is 2. The van der Waals surface area contributed by atoms with Crippen molar-refractivity contribution in [2.45, 2.75) is 13.0 Å². The summed E-state index contributed by atoms with van der Waals surface area (Å²) < 4.78 is 5.42. The third-order valence-electron chi connectivity index (χ3n) is 4.62. The molecule has 1 amide bonds. The van der Waals surface area contributed by atoms with Crippen LogP contribution in [0.1, 0.15) is 28.9 Å². The monoisotopic (exact) mass is 349 g/mol. The molecule has 1 aliphatic heterocycles. The van der Waals surface area contributed by atoms with E-state index in [1.165, 1.54) is 0 Å². The third kappa shape index (κ3) is 4.04. The number of hydrogen-bond donors (Lipinski definition) is 0. The van der Waals surface area contributed by atoms with Gasteiger partial charge in [0, 0.05) is 31.7 Å². The molecule has 5 nitrogen and oxygen atoms in total. The van der Waals surface area contributed by atoms with E-state index in [4.69, 9.17) is 4.74 Å². The molecule has 0 N–H and O–H groups in total. The lowest BCUT2D eigenvalue weighted by Gasteiger charge is -2.37. The molecule has 134 valence electrons. The first-order valence-electron chi connectivity index (χ1n) is 8.93. The summed E-state index contributed by atoms with van der Waals surface area (Å²) in [7, 11) is 0. The van der Waals surface area contributed by atoms with Crippen LogP contribution < -0.4 is 4.74 Å². The quantitative estimate of drug-likeness (QED) is 0.832. The van der Waals surface area contributed by atoms with E-state index >= 15 is 0 Å². The molecule has 1 aliphatic rings. The Labute approximate surface area is 154 Å². The van der Waals surface area contributed by atoms with Crippen molar-refractivity contribution >= 4 is 5.91 Å². The second-order valence-electron chi connectivity index (χ2n) is 6.23. The Hall–Kier alpha value is -2.84. The summed E-state index contributed by atoms with van der Waals surface area (Å²) in [6.45, 7) is 5.17. The van der Waals surface area contributed by atoms with Crippen LogP contribution in [0, 0.1) is 11.3 Å². The van der Waals surface area contributed by atoms with Crippen LogP contribution in [0.15, 0.2) is 54.6 Å². The zero-order chi connectivity index (χ0) is 18.4. The molecule has 26 heavy (non-hydrogen) atoms. The molecule has 1 heterocycles. The van der Waals surface area contributed by atoms with Crippen molar-refractivity contribution in [2.75, 3.05) is 32.8 Å². The summed E-state index contributed by atoms with van der Waals surface area (Å²) in [5, 5.41) is 9.57. The van der Waals surface area contributed by atoms with Gasteiger partial charge in [-0.2, -0.15) is 5.26 Å². The van der Waals surface area contributed by atoms with E-state index in [2.05, 4.69) is 11.0 Å². The van der Waals surface area contributed by atoms with Crippen LogP contribution in [-0.2, 0) is 0 Å². The molecule has 0 aromatic heterocycles. The normalized spacial score (nSPS) is 15.9. The van der Waals surface area contributed by atoms with E-state index in [-0.39, 0.29) is 11.9 Å². The topological polar surface area (TPSA) is 56.6 Å². The molecule has 1 atom stereocenters. The third-order valence-corrected chi connectivity index (χ3v) is 4.62. The van der Waals surface area contributed by atoms with Crippen molar-refractivity contribution in [3.05, 3.63) is 65.7 Å². The molecule has 3 rings (SSSR count). The van der Waals surface area contributed by atoms with Gasteiger partial charge in [0.05, 0.1) is 12.7 Å². The zero-order valence-electron chi connectivity index (χ0n) is 15.0. The fraction of sp³-hybridized carbons (Fsp3) is 0.333. The van der Waals surface area contributed by atoms with Crippen LogP contribution in [0.25, 0.3) is 0 Å². The second-order valence-corrected chi connectivity index (χ2v) is 6.23. The lowest BCUT2D eigenvalue weighted by Crippen LogP contribution is -2.49. The van der Waals surface area contributed by atoms with Crippen molar-refractivity contribution < 1.29 is 9.53 Å². The largest absolute Gasteiger partial charge is 0.494 e. The summed E-state index contributed by atoms with van der Waals surface area (Å²) in [5.41, 5.74) is 1.67. The number of carbonyl (C=O) groups is 1. The van der Waals surface area contributed by atoms with Gasteiger partial charge in [0.25, 0.3) is 5.91 Å². The predicted octanol–water partition coefficient (Wildman–Crippen LogP) is 3.11. The highest BCUT2D eigenvalue weighted by molar-refractivity contribution is 5.94. The van der Waals surface area contributed by atoms with Gasteiger partial charge in [0.15, 0.2) is 0 Å². The molecular formula is C21H23N3O2. The van der Waals surface area contributed by atoms with Gasteiger partial charge in [0.1, 0.15) is 11.8 Å². The van der Waals surface area contributed by atoms with E-state index in [0.717, 1.165) is 11.3 Å². The van der Waals surface area contributed by atoms with Gasteiger partial charge in [-0.1, -0.05) is 30.3 Å². The van der Waals surface area contributed by atoms with E-state index < -0.39 is 0 Å². The molecular weight excluding hydrogens is 326 g/mol. The number of hydrogen-bond acceptors (Lipinski definition) is 4. The molecule has 0 bridgehead atoms. The summed E-state index contributed by atoms with van der Waals surface area (Å²) >= 11 is 0. The smallest absolute Gasteiger partial charge is 0.253 e. The molecule has 0 spiro atoms. The molecule has 0 aliphatic carbocycles. The molecule has 0 unspecified atom stereocenters. The molecule has 5 heteroatoms. The minimum atomic E-state index is -0.265. The zero-order valence-corrected chi connectivity index (χ0v) is 15.0. The first-order chi connectivity index (χ1) is 12.7. The number of piperazine rings is 1. The van der Waals surface area contributed by atoms with Crippen LogP contribution in [0.5, 0.6) is 5.75 Å². The molecule has 0 saturated carbocycles. The maximum atomic E-state index is 12.7. The molecule has 1 fully saturated rings. The van der Waals surface area contributed by atoms with E-state index in [9.17, 15) is 10.1 Å². The van der Waals surface area contributed by atoms with Crippen LogP contribution >= 0.6 is 0 Å². The van der Waals surface area contributed by atoms with Gasteiger partial charge >= 0.3 is 0 Å². The predicted molar refractivity (Wildman–Crippen MR) is 99.9 cm³/mol. The first kappa shape index (κ1) is 18.0. The Kier molecular flexibility index (Phi) is 5.88. The van der Waals surface area contributed by atoms with Crippen LogP contribution in [-0.4, -0.2) is 48.5 Å². The van der Waals surface area contributed by atoms with Crippen molar-refractivity contribution in [1.82, 2.24) is 9.80 Å². The molecule has 2 aromatic carbocycles. The minimum Gasteiger partial charge on any atom is -0.494 e. The number of ether oxygens (including phenoxy) is 1. The van der Waals surface area contributed by atoms with Crippen molar-refractivity contribution in [3.63, 3.8) is 0 Å². The maximum Gasteiger partial charge on any atom is 0.253 e. The van der Waals surface area contributed by atoms with Gasteiger partial charge in [-0.15, -0.1) is 0 Å². The number of nitrogens with zero attached hydrogens (tertiary/aromatic N) is 3. The Morgan fingerprint density at radius 2 is 1.73 bits per heavy atom. The number of amides is 1. The van der Waals surface area contributed by atoms with Crippen molar-refractivity contribution in [3.8, 4) is 11.8 Å². The van der Waals surface area contributed by atoms with Gasteiger partial charge in [-0.05, 0) is 36.8 Å². The summed E-state index contributed by atoms with van der Waals surface area (Å²) in [4.78, 5) is 16.7. The number of nitriles is 1. The highest BCUT2D eigenvalue weighted by Gasteiger charge is 2.27. The average Bonchev–Trinajstić information content (AvgIpc) is 2.70. The SMILES string of the molecule is CCOc1ccc(C(=O)N2CCN([C@@H](C#N)c3ccccc3)CC2)cc1. The summed E-state index contributed by atoms with van der Waals surface area (Å²) in [6.07, 6.45) is 0. The maximum absolute atomic E-state index is 12.7. The van der Waals surface area contributed by atoms with E-state index in [1.807, 2.05) is 66.4 Å². The standard InChI is InChI=1S/C21H23N3O2/c1-2-26-19-10-8-18(9-11-19)21(25)24-14-12-23(13-15-24)20(16-22)17-6-4-3-5-7-17/h3-11,20H,2,12-15H2,1H3/t20-/m0/s1. The highest BCUT2D eigenvalue weighted by Crippen LogP contribution is 2.22. The lowest BCUT2D eigenvalue weighted by molar-refractivity contribution is 0.0606. The van der Waals surface area contributed by atoms with Gasteiger partial charge in [-0.3, -0.25) is 9.69 Å². The van der Waals surface area contributed by atoms with E-state index in [1.54, 1.807) is 0 Å². The summed E-state index contributed by atoms with van der Waals surface area (Å²) in [6, 6.07) is 19.2. The van der Waals surface area contributed by atoms with Crippen molar-refractivity contribution in [2.24, 2.45) is 0 Å². The fourth-order valence-electron chi connectivity index (χ4n) is 3.23. The Morgan fingerprint density at radius 1 is 1.08 bits per heavy atom. The number of carbonyl (C=O) groups excluding carboxylic acids is 1. The molecule has 0 radical (unpaired) electrons. The van der Waals surface area contributed by atoms with Crippen molar-refractivity contribution in [1.29, 1.82) is 5.26 Å². The average molecular weight is 349 g/mol. The van der Waals surface area contributed by atoms with Gasteiger partial charge < -0.3 is 9.64 Å². The van der Waals surface area contributed by atoms with Crippen LogP contribution in [0.3, 0.4) is 0 Å². The molecule has 1 saturated heterocycles. The Balaban J connectivity index is 1.61. The lowest BCUT2D eigenvalue weighted by atomic mass is 10.1. The van der Waals surface area contributed by atoms with Crippen LogP contribution in [0.4, 0.5) is 0 Å². The van der Waals surface area contributed by atoms with Gasteiger partial charge in [0.2, 0.25) is 0 Å². The number of rotatable bonds is 5. The fourth-order valence-corrected chi connectivity index (χ4v) is 3.23. The van der Waals surface area contributed by atoms with E-state index in [0.29, 0.717) is 38.3 Å². The Morgan fingerprint density at radius 3 is 2.31 bits per heavy atom. The molecule has 2 aromatic rings. The first-order valence-corrected chi connectivity index (χ1v) is 8.93. The summed E-state index contributed by atoms with van der Waals surface area (Å²) in [5.74, 6) is 0.800.